The van der Waals surface area contributed by atoms with Crippen molar-refractivity contribution in [3.05, 3.63) is 28.6 Å². The van der Waals surface area contributed by atoms with Crippen molar-refractivity contribution in [1.29, 1.82) is 0 Å². The number of nitrogens with one attached hydrogen (secondary N) is 1. The van der Waals surface area contributed by atoms with Crippen molar-refractivity contribution < 1.29 is 14.7 Å². The standard InChI is InChI=1S/C15H16N2O3S2/c18-13(16-10-4-3-9(6-10)15(19)20)7-11-8-22-14(17-11)12-2-1-5-21-12/h1-2,5,8-10H,3-4,6-7H2,(H,16,18)(H,19,20)/t9-,10+/m1/s1. The van der Waals surface area contributed by atoms with Gasteiger partial charge in [0, 0.05) is 11.4 Å². The second-order valence-corrected chi connectivity index (χ2v) is 7.22. The third-order valence-corrected chi connectivity index (χ3v) is 5.70. The summed E-state index contributed by atoms with van der Waals surface area (Å²) in [6.45, 7) is 0. The van der Waals surface area contributed by atoms with Crippen molar-refractivity contribution in [2.45, 2.75) is 31.7 Å². The van der Waals surface area contributed by atoms with E-state index in [1.54, 1.807) is 11.3 Å². The van der Waals surface area contributed by atoms with Gasteiger partial charge in [0.2, 0.25) is 5.91 Å². The molecule has 1 amide bonds. The first-order valence-electron chi connectivity index (χ1n) is 7.12. The van der Waals surface area contributed by atoms with Crippen LogP contribution in [0.25, 0.3) is 9.88 Å². The highest BCUT2D eigenvalue weighted by Gasteiger charge is 2.30. The maximum absolute atomic E-state index is 12.0. The van der Waals surface area contributed by atoms with E-state index in [0.29, 0.717) is 12.8 Å². The molecule has 0 bridgehead atoms. The van der Waals surface area contributed by atoms with Gasteiger partial charge in [-0.05, 0) is 30.7 Å². The molecule has 0 aromatic carbocycles. The zero-order valence-corrected chi connectivity index (χ0v) is 13.5. The molecule has 3 rings (SSSR count). The number of thiophene rings is 1. The summed E-state index contributed by atoms with van der Waals surface area (Å²) in [5.74, 6) is -1.18. The molecule has 0 unspecified atom stereocenters. The maximum atomic E-state index is 12.0. The summed E-state index contributed by atoms with van der Waals surface area (Å²) < 4.78 is 0. The summed E-state index contributed by atoms with van der Waals surface area (Å²) in [6, 6.07) is 3.97. The van der Waals surface area contributed by atoms with Crippen LogP contribution in [0.5, 0.6) is 0 Å². The van der Waals surface area contributed by atoms with Crippen LogP contribution in [0.2, 0.25) is 0 Å². The summed E-state index contributed by atoms with van der Waals surface area (Å²) >= 11 is 3.17. The normalized spacial score (nSPS) is 20.9. The van der Waals surface area contributed by atoms with Gasteiger partial charge in [-0.15, -0.1) is 22.7 Å². The number of carboxylic acid groups (broad SMARTS) is 1. The molecule has 2 aromatic rings. The summed E-state index contributed by atoms with van der Waals surface area (Å²) in [4.78, 5) is 28.6. The molecule has 2 aromatic heterocycles. The molecule has 0 saturated heterocycles. The monoisotopic (exact) mass is 336 g/mol. The van der Waals surface area contributed by atoms with Crippen LogP contribution in [0, 0.1) is 5.92 Å². The number of hydrogen-bond acceptors (Lipinski definition) is 5. The fraction of sp³-hybridized carbons (Fsp3) is 0.400. The number of rotatable bonds is 5. The molecule has 2 N–H and O–H groups in total. The first-order chi connectivity index (χ1) is 10.6. The lowest BCUT2D eigenvalue weighted by Crippen LogP contribution is -2.34. The van der Waals surface area contributed by atoms with Crippen LogP contribution in [-0.2, 0) is 16.0 Å². The molecule has 2 atom stereocenters. The number of aromatic nitrogens is 1. The molecule has 7 heteroatoms. The smallest absolute Gasteiger partial charge is 0.306 e. The number of nitrogens with zero attached hydrogens (tertiary/aromatic N) is 1. The molecule has 1 aliphatic carbocycles. The Morgan fingerprint density at radius 3 is 2.91 bits per heavy atom. The molecule has 116 valence electrons. The largest absolute Gasteiger partial charge is 0.481 e. The van der Waals surface area contributed by atoms with Gasteiger partial charge in [0.05, 0.1) is 22.9 Å². The summed E-state index contributed by atoms with van der Waals surface area (Å²) in [5.41, 5.74) is 0.763. The molecule has 5 nitrogen and oxygen atoms in total. The van der Waals surface area contributed by atoms with Gasteiger partial charge in [0.15, 0.2) is 0 Å². The Balaban J connectivity index is 1.53. The van der Waals surface area contributed by atoms with E-state index in [4.69, 9.17) is 5.11 Å². The van der Waals surface area contributed by atoms with Crippen molar-refractivity contribution in [2.75, 3.05) is 0 Å². The average Bonchev–Trinajstić information content (AvgIpc) is 3.18. The van der Waals surface area contributed by atoms with E-state index >= 15 is 0 Å². The third-order valence-electron chi connectivity index (χ3n) is 3.77. The van der Waals surface area contributed by atoms with Crippen molar-refractivity contribution in [1.82, 2.24) is 10.3 Å². The predicted molar refractivity (Wildman–Crippen MR) is 86.0 cm³/mol. The fourth-order valence-corrected chi connectivity index (χ4v) is 4.32. The average molecular weight is 336 g/mol. The van der Waals surface area contributed by atoms with Gasteiger partial charge in [0.25, 0.3) is 0 Å². The van der Waals surface area contributed by atoms with Gasteiger partial charge in [-0.2, -0.15) is 0 Å². The maximum Gasteiger partial charge on any atom is 0.306 e. The summed E-state index contributed by atoms with van der Waals surface area (Å²) in [5, 5.41) is 16.7. The van der Waals surface area contributed by atoms with Crippen LogP contribution in [0.15, 0.2) is 22.9 Å². The minimum atomic E-state index is -0.767. The van der Waals surface area contributed by atoms with Gasteiger partial charge in [0.1, 0.15) is 5.01 Å². The second kappa shape index (κ2) is 6.58. The molecule has 0 radical (unpaired) electrons. The third kappa shape index (κ3) is 3.53. The van der Waals surface area contributed by atoms with E-state index in [2.05, 4.69) is 10.3 Å². The molecule has 0 spiro atoms. The van der Waals surface area contributed by atoms with Crippen molar-refractivity contribution >= 4 is 34.6 Å². The van der Waals surface area contributed by atoms with E-state index in [-0.39, 0.29) is 24.3 Å². The first kappa shape index (κ1) is 15.2. The SMILES string of the molecule is O=C(Cc1csc(-c2cccs2)n1)N[C@H]1CC[C@@H](C(=O)O)C1. The lowest BCUT2D eigenvalue weighted by molar-refractivity contribution is -0.141. The number of thiazole rings is 1. The Morgan fingerprint density at radius 2 is 2.23 bits per heavy atom. The number of aliphatic carboxylic acids is 1. The molecule has 1 aliphatic rings. The first-order valence-corrected chi connectivity index (χ1v) is 8.88. The number of carboxylic acids is 1. The number of carbonyl (C=O) groups is 2. The van der Waals surface area contributed by atoms with Crippen molar-refractivity contribution in [3.63, 3.8) is 0 Å². The zero-order valence-electron chi connectivity index (χ0n) is 11.8. The summed E-state index contributed by atoms with van der Waals surface area (Å²) in [7, 11) is 0. The quantitative estimate of drug-likeness (QED) is 0.880. The molecular formula is C15H16N2O3S2. The number of amides is 1. The number of hydrogen-bond donors (Lipinski definition) is 2. The van der Waals surface area contributed by atoms with Gasteiger partial charge in [-0.1, -0.05) is 6.07 Å². The lowest BCUT2D eigenvalue weighted by Gasteiger charge is -2.11. The van der Waals surface area contributed by atoms with E-state index in [9.17, 15) is 9.59 Å². The van der Waals surface area contributed by atoms with Crippen LogP contribution in [0.4, 0.5) is 0 Å². The zero-order chi connectivity index (χ0) is 15.5. The Hall–Kier alpha value is -1.73. The van der Waals surface area contributed by atoms with E-state index in [1.165, 1.54) is 11.3 Å². The van der Waals surface area contributed by atoms with Crippen LogP contribution < -0.4 is 5.32 Å². The van der Waals surface area contributed by atoms with Crippen LogP contribution in [0.3, 0.4) is 0 Å². The van der Waals surface area contributed by atoms with Crippen molar-refractivity contribution in [3.8, 4) is 9.88 Å². The highest BCUT2D eigenvalue weighted by atomic mass is 32.1. The minimum absolute atomic E-state index is 0.0241. The molecule has 2 heterocycles. The summed E-state index contributed by atoms with van der Waals surface area (Å²) in [6.07, 6.45) is 2.15. The molecular weight excluding hydrogens is 320 g/mol. The minimum Gasteiger partial charge on any atom is -0.481 e. The van der Waals surface area contributed by atoms with Crippen LogP contribution in [0.1, 0.15) is 25.0 Å². The topological polar surface area (TPSA) is 79.3 Å². The lowest BCUT2D eigenvalue weighted by atomic mass is 10.1. The molecule has 1 saturated carbocycles. The number of carbonyl (C=O) groups excluding carboxylic acids is 1. The van der Waals surface area contributed by atoms with E-state index in [1.807, 2.05) is 22.9 Å². The fourth-order valence-electron chi connectivity index (χ4n) is 2.68. The van der Waals surface area contributed by atoms with E-state index < -0.39 is 5.97 Å². The van der Waals surface area contributed by atoms with Crippen LogP contribution >= 0.6 is 22.7 Å². The second-order valence-electron chi connectivity index (χ2n) is 5.41. The Bertz CT molecular complexity index is 666. The Kier molecular flexibility index (Phi) is 4.54. The van der Waals surface area contributed by atoms with Gasteiger partial charge < -0.3 is 10.4 Å². The van der Waals surface area contributed by atoms with Gasteiger partial charge in [-0.25, -0.2) is 4.98 Å². The van der Waals surface area contributed by atoms with Gasteiger partial charge in [-0.3, -0.25) is 9.59 Å². The van der Waals surface area contributed by atoms with Gasteiger partial charge >= 0.3 is 5.97 Å². The predicted octanol–water partition coefficient (Wildman–Crippen LogP) is 2.78. The molecule has 0 aliphatic heterocycles. The Labute approximate surface area is 136 Å². The molecule has 1 fully saturated rings. The van der Waals surface area contributed by atoms with E-state index in [0.717, 1.165) is 22.0 Å². The van der Waals surface area contributed by atoms with Crippen molar-refractivity contribution in [2.24, 2.45) is 5.92 Å². The molecule has 22 heavy (non-hydrogen) atoms. The highest BCUT2D eigenvalue weighted by Crippen LogP contribution is 2.28. The van der Waals surface area contributed by atoms with Crippen LogP contribution in [-0.4, -0.2) is 28.0 Å². The Morgan fingerprint density at radius 1 is 1.36 bits per heavy atom. The highest BCUT2D eigenvalue weighted by molar-refractivity contribution is 7.20.